The van der Waals surface area contributed by atoms with Gasteiger partial charge in [0, 0.05) is 12.7 Å². The van der Waals surface area contributed by atoms with Crippen molar-refractivity contribution < 1.29 is 4.74 Å². The lowest BCUT2D eigenvalue weighted by molar-refractivity contribution is 0.414. The third-order valence-corrected chi connectivity index (χ3v) is 3.45. The Hall–Kier alpha value is -3.55. The Kier molecular flexibility index (Phi) is 5.66. The van der Waals surface area contributed by atoms with Gasteiger partial charge in [0.15, 0.2) is 0 Å². The molecule has 8 nitrogen and oxygen atoms in total. The van der Waals surface area contributed by atoms with E-state index in [1.54, 1.807) is 14.2 Å². The maximum atomic E-state index is 5.14. The molecule has 0 fully saturated rings. The molecule has 2 aromatic carbocycles. The molecule has 0 atom stereocenters. The van der Waals surface area contributed by atoms with Crippen LogP contribution in [0.1, 0.15) is 5.56 Å². The summed E-state index contributed by atoms with van der Waals surface area (Å²) in [5.41, 5.74) is 1.89. The molecule has 0 aliphatic rings. The summed E-state index contributed by atoms with van der Waals surface area (Å²) >= 11 is 0. The van der Waals surface area contributed by atoms with Gasteiger partial charge in [-0.25, -0.2) is 0 Å². The van der Waals surface area contributed by atoms with E-state index in [9.17, 15) is 0 Å². The van der Waals surface area contributed by atoms with Crippen molar-refractivity contribution in [3.05, 3.63) is 60.2 Å². The van der Waals surface area contributed by atoms with Crippen molar-refractivity contribution in [1.29, 1.82) is 0 Å². The number of azo groups is 1. The number of para-hydroxylation sites is 1. The summed E-state index contributed by atoms with van der Waals surface area (Å²) in [6, 6.07) is 17.3. The molecule has 26 heavy (non-hydrogen) atoms. The van der Waals surface area contributed by atoms with Crippen molar-refractivity contribution in [2.24, 2.45) is 10.2 Å². The Labute approximate surface area is 151 Å². The number of nitrogens with zero attached hydrogens (tertiary/aromatic N) is 5. The summed E-state index contributed by atoms with van der Waals surface area (Å²) in [7, 11) is 3.37. The fraction of sp³-hybridized carbons (Fsp3) is 0.167. The second-order valence-electron chi connectivity index (χ2n) is 5.27. The van der Waals surface area contributed by atoms with Gasteiger partial charge in [-0.15, -0.1) is 5.11 Å². The highest BCUT2D eigenvalue weighted by Gasteiger charge is 2.05. The zero-order valence-corrected chi connectivity index (χ0v) is 14.5. The van der Waals surface area contributed by atoms with Crippen molar-refractivity contribution in [2.45, 2.75) is 6.54 Å². The highest BCUT2D eigenvalue weighted by atomic mass is 16.5. The van der Waals surface area contributed by atoms with Gasteiger partial charge in [0.05, 0.1) is 13.7 Å². The molecular weight excluding hydrogens is 330 g/mol. The Morgan fingerprint density at radius 1 is 0.923 bits per heavy atom. The SMILES string of the molecule is CNc1nc(N=NCc2ccc(OC)cc2)nc(Nc2ccccc2)n1. The molecule has 0 aliphatic heterocycles. The summed E-state index contributed by atoms with van der Waals surface area (Å²) in [5, 5.41) is 14.3. The summed E-state index contributed by atoms with van der Waals surface area (Å²) in [6.07, 6.45) is 0. The molecule has 3 aromatic rings. The standard InChI is InChI=1S/C18H19N7O/c1-19-16-22-17(21-14-6-4-3-5-7-14)24-18(23-16)25-20-12-13-8-10-15(26-2)11-9-13/h3-11H,12H2,1-2H3,(H2,19,21,22,23,24). The van der Waals surface area contributed by atoms with Crippen LogP contribution in [0.25, 0.3) is 0 Å². The van der Waals surface area contributed by atoms with Gasteiger partial charge in [-0.05, 0) is 29.8 Å². The van der Waals surface area contributed by atoms with Crippen LogP contribution in [0.3, 0.4) is 0 Å². The Bertz CT molecular complexity index is 866. The van der Waals surface area contributed by atoms with Crippen LogP contribution in [0, 0.1) is 0 Å². The third-order valence-electron chi connectivity index (χ3n) is 3.45. The molecule has 0 radical (unpaired) electrons. The van der Waals surface area contributed by atoms with Crippen LogP contribution in [0.15, 0.2) is 64.8 Å². The molecule has 1 heterocycles. The van der Waals surface area contributed by atoms with E-state index in [4.69, 9.17) is 4.74 Å². The van der Waals surface area contributed by atoms with Crippen LogP contribution in [0.4, 0.5) is 23.5 Å². The van der Waals surface area contributed by atoms with Crippen molar-refractivity contribution >= 4 is 23.5 Å². The number of benzene rings is 2. The molecule has 0 spiro atoms. The van der Waals surface area contributed by atoms with E-state index >= 15 is 0 Å². The van der Waals surface area contributed by atoms with Crippen molar-refractivity contribution in [3.8, 4) is 5.75 Å². The molecule has 132 valence electrons. The smallest absolute Gasteiger partial charge is 0.275 e. The first-order valence-corrected chi connectivity index (χ1v) is 8.03. The fourth-order valence-corrected chi connectivity index (χ4v) is 2.14. The minimum Gasteiger partial charge on any atom is -0.497 e. The van der Waals surface area contributed by atoms with Crippen molar-refractivity contribution in [1.82, 2.24) is 15.0 Å². The van der Waals surface area contributed by atoms with E-state index in [1.165, 1.54) is 0 Å². The molecule has 0 saturated carbocycles. The van der Waals surface area contributed by atoms with Crippen LogP contribution < -0.4 is 15.4 Å². The number of anilines is 3. The first-order valence-electron chi connectivity index (χ1n) is 8.03. The van der Waals surface area contributed by atoms with Crippen molar-refractivity contribution in [3.63, 3.8) is 0 Å². The lowest BCUT2D eigenvalue weighted by Crippen LogP contribution is -2.03. The Morgan fingerprint density at radius 2 is 1.65 bits per heavy atom. The molecule has 0 bridgehead atoms. The number of aromatic nitrogens is 3. The molecule has 0 aliphatic carbocycles. The van der Waals surface area contributed by atoms with Crippen LogP contribution in [-0.2, 0) is 6.54 Å². The van der Waals surface area contributed by atoms with Crippen LogP contribution >= 0.6 is 0 Å². The third kappa shape index (κ3) is 4.73. The minimum absolute atomic E-state index is 0.233. The maximum Gasteiger partial charge on any atom is 0.275 e. The topological polar surface area (TPSA) is 96.7 Å². The molecule has 3 rings (SSSR count). The second kappa shape index (κ2) is 8.52. The number of hydrogen-bond donors (Lipinski definition) is 2. The molecule has 0 unspecified atom stereocenters. The first kappa shape index (κ1) is 17.3. The highest BCUT2D eigenvalue weighted by Crippen LogP contribution is 2.17. The summed E-state index contributed by atoms with van der Waals surface area (Å²) < 4.78 is 5.14. The summed E-state index contributed by atoms with van der Waals surface area (Å²) in [5.74, 6) is 1.85. The number of rotatable bonds is 7. The fourth-order valence-electron chi connectivity index (χ4n) is 2.14. The van der Waals surface area contributed by atoms with Gasteiger partial charge in [-0.2, -0.15) is 20.1 Å². The second-order valence-corrected chi connectivity index (χ2v) is 5.27. The minimum atomic E-state index is 0.233. The van der Waals surface area contributed by atoms with Gasteiger partial charge in [0.1, 0.15) is 5.75 Å². The van der Waals surface area contributed by atoms with Gasteiger partial charge in [0.25, 0.3) is 5.95 Å². The number of hydrogen-bond acceptors (Lipinski definition) is 8. The Balaban J connectivity index is 1.72. The number of methoxy groups -OCH3 is 1. The van der Waals surface area contributed by atoms with Crippen LogP contribution in [0.2, 0.25) is 0 Å². The highest BCUT2D eigenvalue weighted by molar-refractivity contribution is 5.54. The average Bonchev–Trinajstić information content (AvgIpc) is 2.69. The monoisotopic (exact) mass is 349 g/mol. The maximum absolute atomic E-state index is 5.14. The van der Waals surface area contributed by atoms with Gasteiger partial charge in [0.2, 0.25) is 11.9 Å². The zero-order valence-electron chi connectivity index (χ0n) is 14.5. The largest absolute Gasteiger partial charge is 0.497 e. The number of ether oxygens (including phenoxy) is 1. The predicted molar refractivity (Wildman–Crippen MR) is 100 cm³/mol. The molecule has 0 amide bonds. The molecule has 2 N–H and O–H groups in total. The van der Waals surface area contributed by atoms with E-state index in [-0.39, 0.29) is 5.95 Å². The Morgan fingerprint density at radius 3 is 2.35 bits per heavy atom. The van der Waals surface area contributed by atoms with E-state index < -0.39 is 0 Å². The van der Waals surface area contributed by atoms with E-state index in [1.807, 2.05) is 54.6 Å². The molecule has 0 saturated heterocycles. The predicted octanol–water partition coefficient (Wildman–Crippen LogP) is 3.95. The van der Waals surface area contributed by atoms with E-state index in [0.717, 1.165) is 17.0 Å². The zero-order chi connectivity index (χ0) is 18.2. The normalized spacial score (nSPS) is 10.7. The first-order chi connectivity index (χ1) is 12.8. The lowest BCUT2D eigenvalue weighted by atomic mass is 10.2. The molecule has 1 aromatic heterocycles. The van der Waals surface area contributed by atoms with Gasteiger partial charge in [-0.3, -0.25) is 0 Å². The van der Waals surface area contributed by atoms with Gasteiger partial charge >= 0.3 is 0 Å². The van der Waals surface area contributed by atoms with Gasteiger partial charge in [-0.1, -0.05) is 30.3 Å². The lowest BCUT2D eigenvalue weighted by Gasteiger charge is -2.06. The summed E-state index contributed by atoms with van der Waals surface area (Å²) in [6.45, 7) is 0.423. The van der Waals surface area contributed by atoms with Crippen LogP contribution in [0.5, 0.6) is 5.75 Å². The van der Waals surface area contributed by atoms with E-state index in [0.29, 0.717) is 18.4 Å². The molecule has 8 heteroatoms. The van der Waals surface area contributed by atoms with Gasteiger partial charge < -0.3 is 15.4 Å². The average molecular weight is 349 g/mol. The summed E-state index contributed by atoms with van der Waals surface area (Å²) in [4.78, 5) is 12.8. The number of nitrogens with one attached hydrogen (secondary N) is 2. The molecular formula is C18H19N7O. The van der Waals surface area contributed by atoms with Crippen molar-refractivity contribution in [2.75, 3.05) is 24.8 Å². The van der Waals surface area contributed by atoms with Crippen LogP contribution in [-0.4, -0.2) is 29.1 Å². The van der Waals surface area contributed by atoms with E-state index in [2.05, 4.69) is 35.8 Å². The quantitative estimate of drug-likeness (QED) is 0.627.